The molecule has 0 saturated carbocycles. The first-order valence-corrected chi connectivity index (χ1v) is 11.3. The molecule has 1 heterocycles. The number of hydrogen-bond acceptors (Lipinski definition) is 5. The van der Waals surface area contributed by atoms with E-state index in [0.29, 0.717) is 40.3 Å². The van der Waals surface area contributed by atoms with Crippen LogP contribution >= 0.6 is 23.6 Å². The second-order valence-electron chi connectivity index (χ2n) is 8.06. The third kappa shape index (κ3) is 5.37. The van der Waals surface area contributed by atoms with E-state index >= 15 is 0 Å². The van der Waals surface area contributed by atoms with E-state index in [1.54, 1.807) is 18.2 Å². The van der Waals surface area contributed by atoms with Crippen molar-refractivity contribution in [2.24, 2.45) is 17.6 Å². The molecule has 30 heavy (non-hydrogen) atoms. The van der Waals surface area contributed by atoms with Gasteiger partial charge in [0.25, 0.3) is 11.8 Å². The summed E-state index contributed by atoms with van der Waals surface area (Å²) in [7, 11) is 0. The largest absolute Gasteiger partial charge is 0.493 e. The predicted octanol–water partition coefficient (Wildman–Crippen LogP) is 4.13. The van der Waals surface area contributed by atoms with Crippen LogP contribution in [0.25, 0.3) is 0 Å². The van der Waals surface area contributed by atoms with Crippen molar-refractivity contribution in [1.29, 1.82) is 0 Å². The highest BCUT2D eigenvalue weighted by molar-refractivity contribution is 7.80. The number of thiophene rings is 1. The fourth-order valence-corrected chi connectivity index (χ4v) is 5.08. The lowest BCUT2D eigenvalue weighted by Gasteiger charge is -2.18. The monoisotopic (exact) mass is 445 g/mol. The zero-order chi connectivity index (χ0) is 21.8. The van der Waals surface area contributed by atoms with Gasteiger partial charge in [0, 0.05) is 10.4 Å². The Morgan fingerprint density at radius 3 is 2.83 bits per heavy atom. The van der Waals surface area contributed by atoms with Gasteiger partial charge in [-0.05, 0) is 67.1 Å². The van der Waals surface area contributed by atoms with Gasteiger partial charge >= 0.3 is 0 Å². The molecule has 1 aliphatic carbocycles. The van der Waals surface area contributed by atoms with Gasteiger partial charge in [-0.2, -0.15) is 0 Å². The summed E-state index contributed by atoms with van der Waals surface area (Å²) >= 11 is 6.81. The van der Waals surface area contributed by atoms with E-state index in [9.17, 15) is 9.59 Å². The number of carbonyl (C=O) groups is 2. The fraction of sp³-hybridized carbons (Fsp3) is 0.409. The molecule has 1 aliphatic rings. The second kappa shape index (κ2) is 9.57. The van der Waals surface area contributed by atoms with Crippen LogP contribution in [-0.4, -0.2) is 23.5 Å². The van der Waals surface area contributed by atoms with Crippen LogP contribution in [0.3, 0.4) is 0 Å². The lowest BCUT2D eigenvalue weighted by molar-refractivity contribution is 0.0975. The van der Waals surface area contributed by atoms with Gasteiger partial charge in [0.05, 0.1) is 12.2 Å². The quantitative estimate of drug-likeness (QED) is 0.581. The van der Waals surface area contributed by atoms with Gasteiger partial charge in [-0.25, -0.2) is 0 Å². The molecule has 0 saturated heterocycles. The summed E-state index contributed by atoms with van der Waals surface area (Å²) in [6, 6.07) is 6.95. The Morgan fingerprint density at radius 1 is 1.37 bits per heavy atom. The molecule has 1 atom stereocenters. The number of thiocarbonyl (C=S) groups is 1. The van der Waals surface area contributed by atoms with Gasteiger partial charge < -0.3 is 15.8 Å². The van der Waals surface area contributed by atoms with Crippen LogP contribution < -0.4 is 21.1 Å². The predicted molar refractivity (Wildman–Crippen MR) is 124 cm³/mol. The summed E-state index contributed by atoms with van der Waals surface area (Å²) in [5.41, 5.74) is 7.57. The second-order valence-corrected chi connectivity index (χ2v) is 9.57. The Hall–Kier alpha value is -2.45. The first-order valence-electron chi connectivity index (χ1n) is 10.0. The molecule has 0 bridgehead atoms. The Morgan fingerprint density at radius 2 is 2.13 bits per heavy atom. The summed E-state index contributed by atoms with van der Waals surface area (Å²) in [4.78, 5) is 25.8. The van der Waals surface area contributed by atoms with Crippen molar-refractivity contribution < 1.29 is 14.3 Å². The van der Waals surface area contributed by atoms with Crippen molar-refractivity contribution in [2.45, 2.75) is 40.0 Å². The van der Waals surface area contributed by atoms with Crippen LogP contribution in [0.4, 0.5) is 5.00 Å². The molecule has 0 radical (unpaired) electrons. The minimum atomic E-state index is -0.478. The SMILES string of the molecule is CC(C)COc1cccc(C(=O)NC(=S)Nc2sc3c(c2C(N)=O)CC[C@H](C)C3)c1. The van der Waals surface area contributed by atoms with Crippen molar-refractivity contribution in [3.05, 3.63) is 45.8 Å². The number of nitrogens with two attached hydrogens (primary N) is 1. The summed E-state index contributed by atoms with van der Waals surface area (Å²) in [5, 5.41) is 6.40. The van der Waals surface area contributed by atoms with Crippen LogP contribution in [0.5, 0.6) is 5.75 Å². The Bertz CT molecular complexity index is 969. The number of fused-ring (bicyclic) bond motifs is 1. The number of primary amides is 1. The van der Waals surface area contributed by atoms with Gasteiger partial charge in [0.1, 0.15) is 10.8 Å². The number of rotatable bonds is 6. The van der Waals surface area contributed by atoms with Gasteiger partial charge in [-0.3, -0.25) is 14.9 Å². The maximum absolute atomic E-state index is 12.6. The topological polar surface area (TPSA) is 93.4 Å². The molecule has 3 rings (SSSR count). The highest BCUT2D eigenvalue weighted by atomic mass is 32.1. The highest BCUT2D eigenvalue weighted by Crippen LogP contribution is 2.39. The van der Waals surface area contributed by atoms with E-state index in [1.165, 1.54) is 11.3 Å². The van der Waals surface area contributed by atoms with Gasteiger partial charge in [0.2, 0.25) is 0 Å². The summed E-state index contributed by atoms with van der Waals surface area (Å²) in [6.45, 7) is 6.89. The van der Waals surface area contributed by atoms with E-state index in [1.807, 2.05) is 6.07 Å². The van der Waals surface area contributed by atoms with Crippen molar-refractivity contribution in [3.63, 3.8) is 0 Å². The molecule has 0 aliphatic heterocycles. The minimum absolute atomic E-state index is 0.127. The minimum Gasteiger partial charge on any atom is -0.493 e. The average Bonchev–Trinajstić information content (AvgIpc) is 3.03. The molecule has 0 unspecified atom stereocenters. The first-order chi connectivity index (χ1) is 14.2. The zero-order valence-electron chi connectivity index (χ0n) is 17.4. The van der Waals surface area contributed by atoms with Crippen molar-refractivity contribution in [1.82, 2.24) is 5.32 Å². The Kier molecular flexibility index (Phi) is 7.10. The normalized spacial score (nSPS) is 15.4. The lowest BCUT2D eigenvalue weighted by atomic mass is 9.88. The highest BCUT2D eigenvalue weighted by Gasteiger charge is 2.27. The van der Waals surface area contributed by atoms with Crippen molar-refractivity contribution in [2.75, 3.05) is 11.9 Å². The van der Waals surface area contributed by atoms with E-state index < -0.39 is 5.91 Å². The number of ether oxygens (including phenoxy) is 1. The average molecular weight is 446 g/mol. The van der Waals surface area contributed by atoms with Gasteiger partial charge in [0.15, 0.2) is 5.11 Å². The first kappa shape index (κ1) is 22.2. The smallest absolute Gasteiger partial charge is 0.257 e. The fourth-order valence-electron chi connectivity index (χ4n) is 3.40. The summed E-state index contributed by atoms with van der Waals surface area (Å²) in [5.74, 6) is 0.762. The molecule has 6 nitrogen and oxygen atoms in total. The molecule has 1 aromatic carbocycles. The maximum atomic E-state index is 12.6. The van der Waals surface area contributed by atoms with E-state index in [4.69, 9.17) is 22.7 Å². The van der Waals surface area contributed by atoms with E-state index in [2.05, 4.69) is 31.4 Å². The number of benzene rings is 1. The molecule has 2 amide bonds. The van der Waals surface area contributed by atoms with Crippen molar-refractivity contribution >= 4 is 45.5 Å². The molecule has 0 fully saturated rings. The number of amides is 2. The van der Waals surface area contributed by atoms with Crippen LogP contribution in [0, 0.1) is 11.8 Å². The molecule has 4 N–H and O–H groups in total. The number of anilines is 1. The molecule has 0 spiro atoms. The van der Waals surface area contributed by atoms with E-state index in [0.717, 1.165) is 29.7 Å². The molecule has 1 aromatic heterocycles. The third-order valence-electron chi connectivity index (χ3n) is 4.89. The third-order valence-corrected chi connectivity index (χ3v) is 6.27. The lowest BCUT2D eigenvalue weighted by Crippen LogP contribution is -2.34. The molecule has 160 valence electrons. The molecular formula is C22H27N3O3S2. The standard InChI is InChI=1S/C22H27N3O3S2/c1-12(2)11-28-15-6-4-5-14(10-15)20(27)24-22(29)25-21-18(19(23)26)16-8-7-13(3)9-17(16)30-21/h4-6,10,12-13H,7-9,11H2,1-3H3,(H2,23,26)(H2,24,25,27,29)/t13-/m0/s1. The number of hydrogen-bond donors (Lipinski definition) is 3. The van der Waals surface area contributed by atoms with Crippen LogP contribution in [0.2, 0.25) is 0 Å². The van der Waals surface area contributed by atoms with Crippen LogP contribution in [-0.2, 0) is 12.8 Å². The Labute approximate surface area is 186 Å². The molecule has 2 aromatic rings. The van der Waals surface area contributed by atoms with Crippen LogP contribution in [0.1, 0.15) is 58.3 Å². The summed E-state index contributed by atoms with van der Waals surface area (Å²) in [6.07, 6.45) is 2.78. The molecule has 8 heteroatoms. The number of nitrogens with one attached hydrogen (secondary N) is 2. The number of carbonyl (C=O) groups excluding carboxylic acids is 2. The molecular weight excluding hydrogens is 418 g/mol. The zero-order valence-corrected chi connectivity index (χ0v) is 19.0. The van der Waals surface area contributed by atoms with Crippen molar-refractivity contribution in [3.8, 4) is 5.75 Å². The van der Waals surface area contributed by atoms with Gasteiger partial charge in [-0.15, -0.1) is 11.3 Å². The maximum Gasteiger partial charge on any atom is 0.257 e. The Balaban J connectivity index is 1.70. The van der Waals surface area contributed by atoms with Crippen LogP contribution in [0.15, 0.2) is 24.3 Å². The van der Waals surface area contributed by atoms with E-state index in [-0.39, 0.29) is 11.0 Å². The van der Waals surface area contributed by atoms with Gasteiger partial charge in [-0.1, -0.05) is 26.8 Å². The summed E-state index contributed by atoms with van der Waals surface area (Å²) < 4.78 is 5.68.